The molecule has 3 nitrogen and oxygen atoms in total. The van der Waals surface area contributed by atoms with Crippen LogP contribution in [0.5, 0.6) is 0 Å². The highest BCUT2D eigenvalue weighted by Gasteiger charge is 2.09. The summed E-state index contributed by atoms with van der Waals surface area (Å²) in [7, 11) is 0. The Labute approximate surface area is 157 Å². The zero-order valence-electron chi connectivity index (χ0n) is 14.7. The second-order valence-corrected chi connectivity index (χ2v) is 6.26. The quantitative estimate of drug-likeness (QED) is 0.509. The molecule has 1 N–H and O–H groups in total. The number of pyridine rings is 2. The van der Waals surface area contributed by atoms with Gasteiger partial charge in [0.15, 0.2) is 0 Å². The molecule has 0 aliphatic carbocycles. The van der Waals surface area contributed by atoms with Crippen molar-refractivity contribution in [2.45, 2.75) is 26.8 Å². The van der Waals surface area contributed by atoms with Gasteiger partial charge in [0, 0.05) is 29.8 Å². The highest BCUT2D eigenvalue weighted by molar-refractivity contribution is 6.30. The van der Waals surface area contributed by atoms with Crippen LogP contribution in [0.2, 0.25) is 0 Å². The average Bonchev–Trinajstić information content (AvgIpc) is 2.58. The van der Waals surface area contributed by atoms with Crippen molar-refractivity contribution in [3.05, 3.63) is 88.4 Å². The fraction of sp³-hybridized carbons (Fsp3) is 0.200. The summed E-state index contributed by atoms with van der Waals surface area (Å²) in [5.74, 6) is -0.594. The molecular weight excluding hydrogens is 356 g/mol. The second kappa shape index (κ2) is 9.25. The number of anilines is 1. The molecule has 6 heteroatoms. The molecule has 0 saturated carbocycles. The standard InChI is InChI=1S/C20H20ClF2N3/c1-4-16(13(2)7-14(3)21)9-17-5-6-19(26-20(17)23)25-11-15-8-18(22)12-24-10-15/h4-8,10,12H,3,9,11H2,1-2H3,(H,25,26)/b13-7+,16-4-. The van der Waals surface area contributed by atoms with E-state index in [-0.39, 0.29) is 0 Å². The van der Waals surface area contributed by atoms with Crippen LogP contribution >= 0.6 is 11.6 Å². The van der Waals surface area contributed by atoms with E-state index in [1.54, 1.807) is 24.4 Å². The Morgan fingerprint density at radius 1 is 1.31 bits per heavy atom. The molecule has 0 spiro atoms. The third-order valence-electron chi connectivity index (χ3n) is 3.77. The highest BCUT2D eigenvalue weighted by Crippen LogP contribution is 2.21. The molecule has 0 unspecified atom stereocenters. The summed E-state index contributed by atoms with van der Waals surface area (Å²) >= 11 is 5.80. The first-order valence-electron chi connectivity index (χ1n) is 8.06. The van der Waals surface area contributed by atoms with Gasteiger partial charge in [0.25, 0.3) is 0 Å². The SMILES string of the molecule is C=C(Cl)/C=C(C)/C(=C\C)Cc1ccc(NCc2cncc(F)c2)nc1F. The fourth-order valence-electron chi connectivity index (χ4n) is 2.44. The predicted octanol–water partition coefficient (Wildman–Crippen LogP) is 5.55. The lowest BCUT2D eigenvalue weighted by Gasteiger charge is -2.11. The summed E-state index contributed by atoms with van der Waals surface area (Å²) < 4.78 is 27.5. The minimum Gasteiger partial charge on any atom is -0.366 e. The van der Waals surface area contributed by atoms with E-state index in [9.17, 15) is 8.78 Å². The lowest BCUT2D eigenvalue weighted by molar-refractivity contribution is 0.571. The van der Waals surface area contributed by atoms with Crippen LogP contribution in [0.3, 0.4) is 0 Å². The minimum absolute atomic E-state index is 0.302. The predicted molar refractivity (Wildman–Crippen MR) is 102 cm³/mol. The second-order valence-electron chi connectivity index (χ2n) is 5.78. The first-order valence-corrected chi connectivity index (χ1v) is 8.44. The Bertz CT molecular complexity index is 860. The summed E-state index contributed by atoms with van der Waals surface area (Å²) in [6.45, 7) is 7.73. The van der Waals surface area contributed by atoms with Crippen molar-refractivity contribution < 1.29 is 8.78 Å². The molecule has 0 atom stereocenters. The Morgan fingerprint density at radius 3 is 2.69 bits per heavy atom. The van der Waals surface area contributed by atoms with Gasteiger partial charge in [-0.05, 0) is 48.8 Å². The van der Waals surface area contributed by atoms with Gasteiger partial charge in [-0.25, -0.2) is 9.37 Å². The Morgan fingerprint density at radius 2 is 2.08 bits per heavy atom. The first-order chi connectivity index (χ1) is 12.4. The monoisotopic (exact) mass is 375 g/mol. The van der Waals surface area contributed by atoms with Crippen LogP contribution in [0.15, 0.2) is 65.5 Å². The van der Waals surface area contributed by atoms with E-state index in [1.165, 1.54) is 6.07 Å². The zero-order valence-corrected chi connectivity index (χ0v) is 15.4. The van der Waals surface area contributed by atoms with Gasteiger partial charge in [-0.2, -0.15) is 4.39 Å². The van der Waals surface area contributed by atoms with Crippen molar-refractivity contribution in [1.29, 1.82) is 0 Å². The molecule has 0 radical (unpaired) electrons. The van der Waals surface area contributed by atoms with Gasteiger partial charge in [0.1, 0.15) is 11.6 Å². The molecule has 0 aliphatic rings. The van der Waals surface area contributed by atoms with E-state index in [2.05, 4.69) is 21.9 Å². The number of rotatable bonds is 7. The lowest BCUT2D eigenvalue weighted by Crippen LogP contribution is -2.05. The van der Waals surface area contributed by atoms with Crippen LogP contribution in [-0.4, -0.2) is 9.97 Å². The maximum absolute atomic E-state index is 14.3. The number of allylic oxidation sites excluding steroid dienone is 5. The summed E-state index contributed by atoms with van der Waals surface area (Å²) in [6, 6.07) is 4.74. The van der Waals surface area contributed by atoms with Crippen molar-refractivity contribution in [2.75, 3.05) is 5.32 Å². The van der Waals surface area contributed by atoms with Crippen LogP contribution in [0.25, 0.3) is 0 Å². The van der Waals surface area contributed by atoms with E-state index in [4.69, 9.17) is 11.6 Å². The number of nitrogens with one attached hydrogen (secondary N) is 1. The molecule has 0 aliphatic heterocycles. The Kier molecular flexibility index (Phi) is 7.04. The number of hydrogen-bond donors (Lipinski definition) is 1. The topological polar surface area (TPSA) is 37.8 Å². The molecule has 2 aromatic rings. The molecule has 2 heterocycles. The molecule has 0 fully saturated rings. The first kappa shape index (κ1) is 19.8. The number of nitrogens with zero attached hydrogens (tertiary/aromatic N) is 2. The molecule has 2 aromatic heterocycles. The molecule has 136 valence electrons. The van der Waals surface area contributed by atoms with Crippen molar-refractivity contribution >= 4 is 17.4 Å². The molecular formula is C20H20ClF2N3. The number of hydrogen-bond acceptors (Lipinski definition) is 3. The van der Waals surface area contributed by atoms with Crippen molar-refractivity contribution in [1.82, 2.24) is 9.97 Å². The Balaban J connectivity index is 2.08. The molecule has 0 amide bonds. The average molecular weight is 376 g/mol. The summed E-state index contributed by atoms with van der Waals surface area (Å²) in [6.07, 6.45) is 6.72. The summed E-state index contributed by atoms with van der Waals surface area (Å²) in [4.78, 5) is 7.71. The highest BCUT2D eigenvalue weighted by atomic mass is 35.5. The number of aromatic nitrogens is 2. The van der Waals surface area contributed by atoms with E-state index in [1.807, 2.05) is 19.9 Å². The van der Waals surface area contributed by atoms with Crippen molar-refractivity contribution in [3.63, 3.8) is 0 Å². The van der Waals surface area contributed by atoms with E-state index in [0.29, 0.717) is 34.9 Å². The largest absolute Gasteiger partial charge is 0.366 e. The van der Waals surface area contributed by atoms with Crippen LogP contribution in [0.1, 0.15) is 25.0 Å². The summed E-state index contributed by atoms with van der Waals surface area (Å²) in [5, 5.41) is 3.38. The zero-order chi connectivity index (χ0) is 19.1. The van der Waals surface area contributed by atoms with Gasteiger partial charge in [0.05, 0.1) is 6.20 Å². The Hall–Kier alpha value is -2.53. The van der Waals surface area contributed by atoms with Crippen molar-refractivity contribution in [2.24, 2.45) is 0 Å². The van der Waals surface area contributed by atoms with Crippen molar-refractivity contribution in [3.8, 4) is 0 Å². The van der Waals surface area contributed by atoms with Gasteiger partial charge in [-0.1, -0.05) is 30.3 Å². The van der Waals surface area contributed by atoms with Crippen LogP contribution < -0.4 is 5.32 Å². The van der Waals surface area contributed by atoms with Gasteiger partial charge in [-0.3, -0.25) is 4.98 Å². The lowest BCUT2D eigenvalue weighted by atomic mass is 9.99. The van der Waals surface area contributed by atoms with E-state index >= 15 is 0 Å². The third-order valence-corrected chi connectivity index (χ3v) is 3.88. The fourth-order valence-corrected chi connectivity index (χ4v) is 2.60. The van der Waals surface area contributed by atoms with Gasteiger partial charge in [0.2, 0.25) is 5.95 Å². The van der Waals surface area contributed by atoms with Gasteiger partial charge >= 0.3 is 0 Å². The van der Waals surface area contributed by atoms with Gasteiger partial charge in [-0.15, -0.1) is 0 Å². The molecule has 2 rings (SSSR count). The molecule has 0 aromatic carbocycles. The number of halogens is 3. The summed E-state index contributed by atoms with van der Waals surface area (Å²) in [5.41, 5.74) is 2.99. The smallest absolute Gasteiger partial charge is 0.218 e. The third kappa shape index (κ3) is 5.77. The van der Waals surface area contributed by atoms with Crippen LogP contribution in [-0.2, 0) is 13.0 Å². The van der Waals surface area contributed by atoms with Crippen LogP contribution in [0, 0.1) is 11.8 Å². The maximum atomic E-state index is 14.3. The molecule has 0 saturated heterocycles. The maximum Gasteiger partial charge on any atom is 0.218 e. The molecule has 26 heavy (non-hydrogen) atoms. The van der Waals surface area contributed by atoms with E-state index < -0.39 is 11.8 Å². The van der Waals surface area contributed by atoms with Gasteiger partial charge < -0.3 is 5.32 Å². The molecule has 0 bridgehead atoms. The van der Waals surface area contributed by atoms with E-state index in [0.717, 1.165) is 17.3 Å². The minimum atomic E-state index is -0.552. The normalized spacial score (nSPS) is 12.2. The van der Waals surface area contributed by atoms with Crippen LogP contribution in [0.4, 0.5) is 14.6 Å².